The van der Waals surface area contributed by atoms with Gasteiger partial charge in [-0.15, -0.1) is 5.10 Å². The summed E-state index contributed by atoms with van der Waals surface area (Å²) < 4.78 is 1.92. The van der Waals surface area contributed by atoms with E-state index in [4.69, 9.17) is 4.99 Å². The van der Waals surface area contributed by atoms with Gasteiger partial charge in [0.25, 0.3) is 0 Å². The second kappa shape index (κ2) is 7.44. The molecule has 2 aliphatic rings. The molecule has 1 fully saturated rings. The lowest BCUT2D eigenvalue weighted by molar-refractivity contribution is 0.186. The summed E-state index contributed by atoms with van der Waals surface area (Å²) in [6.07, 6.45) is 7.24. The largest absolute Gasteiger partial charge is 0.283 e. The number of hydrogen-bond donors (Lipinski definition) is 0. The minimum absolute atomic E-state index is 0.332. The van der Waals surface area contributed by atoms with E-state index in [9.17, 15) is 0 Å². The van der Waals surface area contributed by atoms with Gasteiger partial charge in [0.05, 0.1) is 18.6 Å². The van der Waals surface area contributed by atoms with E-state index in [0.29, 0.717) is 18.6 Å². The Hall–Kier alpha value is -2.08. The van der Waals surface area contributed by atoms with Crippen molar-refractivity contribution in [1.29, 1.82) is 0 Å². The van der Waals surface area contributed by atoms with Gasteiger partial charge >= 0.3 is 0 Å². The summed E-state index contributed by atoms with van der Waals surface area (Å²) in [5.74, 6) is 1.99. The van der Waals surface area contributed by atoms with Crippen LogP contribution < -0.4 is 0 Å². The number of fused-ring (bicyclic) bond motifs is 3. The monoisotopic (exact) mass is 338 g/mol. The number of aromatic nitrogens is 4. The Morgan fingerprint density at radius 3 is 2.92 bits per heavy atom. The fraction of sp³-hybridized carbons (Fsp3) is 0.579. The number of hydrogen-bond acceptors (Lipinski definition) is 5. The molecule has 132 valence electrons. The van der Waals surface area contributed by atoms with Crippen molar-refractivity contribution in [2.75, 3.05) is 6.54 Å². The zero-order valence-corrected chi connectivity index (χ0v) is 14.9. The first-order valence-corrected chi connectivity index (χ1v) is 9.51. The van der Waals surface area contributed by atoms with Crippen LogP contribution in [0.4, 0.5) is 0 Å². The number of benzene rings is 1. The van der Waals surface area contributed by atoms with Gasteiger partial charge in [0.1, 0.15) is 5.84 Å². The van der Waals surface area contributed by atoms with Gasteiger partial charge in [0, 0.05) is 0 Å². The molecule has 0 radical (unpaired) electrons. The highest BCUT2D eigenvalue weighted by atomic mass is 15.6. The lowest BCUT2D eigenvalue weighted by Crippen LogP contribution is -2.49. The second-order valence-electron chi connectivity index (χ2n) is 7.02. The maximum Gasteiger partial charge on any atom is 0.175 e. The van der Waals surface area contributed by atoms with Crippen molar-refractivity contribution in [2.24, 2.45) is 4.99 Å². The van der Waals surface area contributed by atoms with E-state index in [0.717, 1.165) is 31.0 Å². The van der Waals surface area contributed by atoms with Crippen LogP contribution in [0.2, 0.25) is 0 Å². The summed E-state index contributed by atoms with van der Waals surface area (Å²) in [4.78, 5) is 7.57. The molecule has 1 aromatic heterocycles. The molecule has 0 spiro atoms. The molecule has 6 nitrogen and oxygen atoms in total. The first kappa shape index (κ1) is 16.4. The summed E-state index contributed by atoms with van der Waals surface area (Å²) >= 11 is 0. The van der Waals surface area contributed by atoms with Gasteiger partial charge in [-0.2, -0.15) is 4.68 Å². The second-order valence-corrected chi connectivity index (χ2v) is 7.02. The molecule has 0 saturated carbocycles. The molecular formula is C19H26N6. The fourth-order valence-corrected chi connectivity index (χ4v) is 4.10. The average Bonchev–Trinajstić information content (AvgIpc) is 3.30. The smallest absolute Gasteiger partial charge is 0.175 e. The third-order valence-electron chi connectivity index (χ3n) is 5.35. The molecule has 2 aromatic rings. The van der Waals surface area contributed by atoms with Crippen LogP contribution in [0.5, 0.6) is 0 Å². The summed E-state index contributed by atoms with van der Waals surface area (Å²) in [6, 6.07) is 11.1. The molecule has 2 atom stereocenters. The molecular weight excluding hydrogens is 312 g/mol. The van der Waals surface area contributed by atoms with Crippen LogP contribution in [0.1, 0.15) is 62.9 Å². The van der Waals surface area contributed by atoms with E-state index in [2.05, 4.69) is 51.6 Å². The van der Waals surface area contributed by atoms with E-state index in [1.54, 1.807) is 0 Å². The van der Waals surface area contributed by atoms with E-state index < -0.39 is 0 Å². The van der Waals surface area contributed by atoms with Gasteiger partial charge in [0.15, 0.2) is 5.82 Å². The van der Waals surface area contributed by atoms with Gasteiger partial charge < -0.3 is 0 Å². The molecule has 4 rings (SSSR count). The molecule has 0 bridgehead atoms. The predicted molar refractivity (Wildman–Crippen MR) is 97.4 cm³/mol. The highest BCUT2D eigenvalue weighted by molar-refractivity contribution is 5.90. The maximum atomic E-state index is 4.98. The van der Waals surface area contributed by atoms with Gasteiger partial charge in [-0.05, 0) is 41.8 Å². The first-order valence-electron chi connectivity index (χ1n) is 9.51. The maximum absolute atomic E-state index is 4.98. The number of rotatable bonds is 6. The van der Waals surface area contributed by atoms with E-state index >= 15 is 0 Å². The van der Waals surface area contributed by atoms with Crippen LogP contribution >= 0.6 is 0 Å². The van der Waals surface area contributed by atoms with Crippen LogP contribution in [-0.4, -0.2) is 43.5 Å². The summed E-state index contributed by atoms with van der Waals surface area (Å²) in [5, 5.41) is 12.6. The first-order chi connectivity index (χ1) is 12.4. The SMILES string of the molecule is CCCCCC1C(=NCc2ccccc2)n2nnnc2[C@@H]2CCCN12. The number of tetrazole rings is 1. The zero-order chi connectivity index (χ0) is 17.1. The van der Waals surface area contributed by atoms with E-state index in [1.165, 1.54) is 31.2 Å². The highest BCUT2D eigenvalue weighted by Gasteiger charge is 2.42. The van der Waals surface area contributed by atoms with Crippen molar-refractivity contribution in [2.45, 2.75) is 64.1 Å². The Morgan fingerprint density at radius 2 is 2.08 bits per heavy atom. The molecule has 1 saturated heterocycles. The molecule has 1 aromatic carbocycles. The minimum atomic E-state index is 0.332. The molecule has 3 heterocycles. The Morgan fingerprint density at radius 1 is 1.20 bits per heavy atom. The van der Waals surface area contributed by atoms with Gasteiger partial charge in [-0.25, -0.2) is 0 Å². The molecule has 25 heavy (non-hydrogen) atoms. The van der Waals surface area contributed by atoms with Crippen LogP contribution in [0.15, 0.2) is 35.3 Å². The third-order valence-corrected chi connectivity index (χ3v) is 5.35. The number of unbranched alkanes of at least 4 members (excludes halogenated alkanes) is 2. The highest BCUT2D eigenvalue weighted by Crippen LogP contribution is 2.37. The Bertz CT molecular complexity index is 723. The predicted octanol–water partition coefficient (Wildman–Crippen LogP) is 3.22. The summed E-state index contributed by atoms with van der Waals surface area (Å²) in [6.45, 7) is 4.06. The minimum Gasteiger partial charge on any atom is -0.283 e. The van der Waals surface area contributed by atoms with Crippen LogP contribution in [0.3, 0.4) is 0 Å². The summed E-state index contributed by atoms with van der Waals surface area (Å²) in [5.41, 5.74) is 1.22. The lowest BCUT2D eigenvalue weighted by atomic mass is 10.0. The van der Waals surface area contributed by atoms with Crippen molar-refractivity contribution in [3.8, 4) is 0 Å². The number of aliphatic imine (C=N–C) groups is 1. The third kappa shape index (κ3) is 3.23. The zero-order valence-electron chi connectivity index (χ0n) is 14.9. The normalized spacial score (nSPS) is 24.4. The van der Waals surface area contributed by atoms with Crippen molar-refractivity contribution in [1.82, 2.24) is 25.1 Å². The van der Waals surface area contributed by atoms with Crippen molar-refractivity contribution in [3.63, 3.8) is 0 Å². The van der Waals surface area contributed by atoms with E-state index in [-0.39, 0.29) is 0 Å². The van der Waals surface area contributed by atoms with Crippen LogP contribution in [-0.2, 0) is 6.54 Å². The lowest BCUT2D eigenvalue weighted by Gasteiger charge is -2.37. The molecule has 6 heteroatoms. The molecule has 0 aliphatic carbocycles. The molecule has 2 aliphatic heterocycles. The number of nitrogens with zero attached hydrogens (tertiary/aromatic N) is 6. The summed E-state index contributed by atoms with van der Waals surface area (Å²) in [7, 11) is 0. The molecule has 0 N–H and O–H groups in total. The van der Waals surface area contributed by atoms with Gasteiger partial charge in [0.2, 0.25) is 0 Å². The van der Waals surface area contributed by atoms with Crippen molar-refractivity contribution >= 4 is 5.84 Å². The van der Waals surface area contributed by atoms with Crippen LogP contribution in [0, 0.1) is 0 Å². The Labute approximate surface area is 148 Å². The van der Waals surface area contributed by atoms with Crippen molar-refractivity contribution < 1.29 is 0 Å². The molecule has 1 unspecified atom stereocenters. The van der Waals surface area contributed by atoms with Crippen LogP contribution in [0.25, 0.3) is 0 Å². The average molecular weight is 338 g/mol. The molecule has 0 amide bonds. The Kier molecular flexibility index (Phi) is 4.88. The van der Waals surface area contributed by atoms with Crippen molar-refractivity contribution in [3.05, 3.63) is 41.7 Å². The Balaban J connectivity index is 1.66. The topological polar surface area (TPSA) is 59.2 Å². The quantitative estimate of drug-likeness (QED) is 0.759. The van der Waals surface area contributed by atoms with Gasteiger partial charge in [-0.3, -0.25) is 9.89 Å². The van der Waals surface area contributed by atoms with Gasteiger partial charge in [-0.1, -0.05) is 56.5 Å². The standard InChI is InChI=1S/C19H26N6/c1-2-3-5-11-16-18(20-14-15-9-6-4-7-10-15)25-19(21-22-23-25)17-12-8-13-24(16)17/h4,6-7,9-10,16-17H,2-3,5,8,11-14H2,1H3/t16?,17-/m0/s1. The fourth-order valence-electron chi connectivity index (χ4n) is 4.10. The van der Waals surface area contributed by atoms with E-state index in [1.807, 2.05) is 10.7 Å².